The average Bonchev–Trinajstić information content (AvgIpc) is 2.58. The van der Waals surface area contributed by atoms with Gasteiger partial charge in [-0.25, -0.2) is 0 Å². The van der Waals surface area contributed by atoms with Crippen molar-refractivity contribution >= 4 is 0 Å². The van der Waals surface area contributed by atoms with Crippen LogP contribution >= 0.6 is 0 Å². The first-order valence-corrected chi connectivity index (χ1v) is 6.40. The Kier molecular flexibility index (Phi) is 3.82. The zero-order chi connectivity index (χ0) is 13.1. The first kappa shape index (κ1) is 12.8. The molecule has 0 aliphatic rings. The van der Waals surface area contributed by atoms with Crippen molar-refractivity contribution in [3.63, 3.8) is 0 Å². The summed E-state index contributed by atoms with van der Waals surface area (Å²) >= 11 is 0. The van der Waals surface area contributed by atoms with Gasteiger partial charge in [-0.15, -0.1) is 0 Å². The second-order valence-electron chi connectivity index (χ2n) is 4.97. The molecule has 0 aliphatic heterocycles. The first-order chi connectivity index (χ1) is 8.58. The minimum Gasteiger partial charge on any atom is -0.328 e. The number of nitrogens with zero attached hydrogens (tertiary/aromatic N) is 2. The lowest BCUT2D eigenvalue weighted by Gasteiger charge is -2.07. The van der Waals surface area contributed by atoms with Gasteiger partial charge in [-0.05, 0) is 38.3 Å². The van der Waals surface area contributed by atoms with E-state index >= 15 is 0 Å². The lowest BCUT2D eigenvalue weighted by Crippen LogP contribution is -2.18. The smallest absolute Gasteiger partial charge is 0.0662 e. The summed E-state index contributed by atoms with van der Waals surface area (Å²) in [4.78, 5) is 0. The molecular formula is C15H21N3. The van der Waals surface area contributed by atoms with E-state index in [0.717, 1.165) is 18.7 Å². The number of aryl methyl sites for hydroxylation is 1. The maximum absolute atomic E-state index is 5.89. The lowest BCUT2D eigenvalue weighted by atomic mass is 10.1. The molecule has 0 unspecified atom stereocenters. The fraction of sp³-hybridized carbons (Fsp3) is 0.400. The summed E-state index contributed by atoms with van der Waals surface area (Å²) in [7, 11) is 0. The molecule has 1 heterocycles. The van der Waals surface area contributed by atoms with Crippen molar-refractivity contribution in [1.29, 1.82) is 0 Å². The van der Waals surface area contributed by atoms with Gasteiger partial charge in [0, 0.05) is 11.7 Å². The summed E-state index contributed by atoms with van der Waals surface area (Å²) in [6.07, 6.45) is 0.895. The van der Waals surface area contributed by atoms with Crippen LogP contribution in [0.4, 0.5) is 0 Å². The van der Waals surface area contributed by atoms with Gasteiger partial charge in [-0.1, -0.05) is 30.3 Å². The molecule has 0 fully saturated rings. The van der Waals surface area contributed by atoms with Gasteiger partial charge in [-0.2, -0.15) is 5.10 Å². The van der Waals surface area contributed by atoms with E-state index in [9.17, 15) is 0 Å². The van der Waals surface area contributed by atoms with Crippen LogP contribution in [-0.4, -0.2) is 15.8 Å². The first-order valence-electron chi connectivity index (χ1n) is 6.40. The molecular weight excluding hydrogens is 222 g/mol. The van der Waals surface area contributed by atoms with Crippen LogP contribution in [-0.2, 0) is 13.0 Å². The number of nitrogens with two attached hydrogens (primary N) is 1. The van der Waals surface area contributed by atoms with Crippen molar-refractivity contribution < 1.29 is 0 Å². The van der Waals surface area contributed by atoms with E-state index < -0.39 is 0 Å². The Balaban J connectivity index is 2.25. The molecule has 3 heteroatoms. The molecule has 2 aromatic rings. The lowest BCUT2D eigenvalue weighted by molar-refractivity contribution is 0.656. The predicted octanol–water partition coefficient (Wildman–Crippen LogP) is 2.44. The highest BCUT2D eigenvalue weighted by molar-refractivity contribution is 5.26. The van der Waals surface area contributed by atoms with Crippen LogP contribution in [0.25, 0.3) is 0 Å². The fourth-order valence-electron chi connectivity index (χ4n) is 2.26. The van der Waals surface area contributed by atoms with E-state index in [4.69, 9.17) is 5.73 Å². The highest BCUT2D eigenvalue weighted by Crippen LogP contribution is 2.16. The molecule has 0 saturated carbocycles. The Hall–Kier alpha value is -1.61. The van der Waals surface area contributed by atoms with Crippen molar-refractivity contribution in [2.24, 2.45) is 5.73 Å². The number of hydrogen-bond donors (Lipinski definition) is 1. The molecule has 0 bridgehead atoms. The van der Waals surface area contributed by atoms with Gasteiger partial charge in [-0.3, -0.25) is 4.68 Å². The summed E-state index contributed by atoms with van der Waals surface area (Å²) in [6, 6.07) is 10.6. The molecule has 0 spiro atoms. The van der Waals surface area contributed by atoms with E-state index in [-0.39, 0.29) is 6.04 Å². The van der Waals surface area contributed by atoms with Crippen LogP contribution < -0.4 is 5.73 Å². The third kappa shape index (κ3) is 2.79. The highest BCUT2D eigenvalue weighted by Gasteiger charge is 2.12. The van der Waals surface area contributed by atoms with E-state index in [0.29, 0.717) is 0 Å². The predicted molar refractivity (Wildman–Crippen MR) is 74.6 cm³/mol. The number of benzene rings is 1. The Morgan fingerprint density at radius 1 is 1.22 bits per heavy atom. The topological polar surface area (TPSA) is 43.8 Å². The van der Waals surface area contributed by atoms with Crippen molar-refractivity contribution in [2.75, 3.05) is 0 Å². The molecule has 1 aromatic heterocycles. The van der Waals surface area contributed by atoms with Crippen LogP contribution in [0.5, 0.6) is 0 Å². The van der Waals surface area contributed by atoms with Crippen molar-refractivity contribution in [2.45, 2.75) is 39.8 Å². The highest BCUT2D eigenvalue weighted by atomic mass is 15.3. The van der Waals surface area contributed by atoms with Crippen LogP contribution in [0.3, 0.4) is 0 Å². The number of aromatic nitrogens is 2. The average molecular weight is 243 g/mol. The minimum atomic E-state index is 0.178. The largest absolute Gasteiger partial charge is 0.328 e. The van der Waals surface area contributed by atoms with Crippen molar-refractivity contribution in [3.8, 4) is 0 Å². The molecule has 2 rings (SSSR count). The second-order valence-corrected chi connectivity index (χ2v) is 4.97. The van der Waals surface area contributed by atoms with E-state index in [1.165, 1.54) is 16.8 Å². The monoisotopic (exact) mass is 243 g/mol. The molecule has 1 atom stereocenters. The molecule has 96 valence electrons. The van der Waals surface area contributed by atoms with Crippen LogP contribution in [0, 0.1) is 13.8 Å². The van der Waals surface area contributed by atoms with Crippen molar-refractivity contribution in [3.05, 3.63) is 52.8 Å². The Labute approximate surface area is 109 Å². The van der Waals surface area contributed by atoms with Gasteiger partial charge in [0.15, 0.2) is 0 Å². The Bertz CT molecular complexity index is 512. The molecule has 0 radical (unpaired) electrons. The molecule has 18 heavy (non-hydrogen) atoms. The zero-order valence-electron chi connectivity index (χ0n) is 11.4. The molecule has 1 aromatic carbocycles. The van der Waals surface area contributed by atoms with E-state index in [2.05, 4.69) is 47.9 Å². The van der Waals surface area contributed by atoms with Gasteiger partial charge in [0.05, 0.1) is 12.2 Å². The van der Waals surface area contributed by atoms with Crippen LogP contribution in [0.15, 0.2) is 30.3 Å². The Morgan fingerprint density at radius 3 is 2.50 bits per heavy atom. The normalized spacial score (nSPS) is 12.7. The minimum absolute atomic E-state index is 0.178. The van der Waals surface area contributed by atoms with Gasteiger partial charge in [0.2, 0.25) is 0 Å². The molecule has 0 amide bonds. The summed E-state index contributed by atoms with van der Waals surface area (Å²) in [5.41, 5.74) is 10.8. The third-order valence-corrected chi connectivity index (χ3v) is 3.23. The van der Waals surface area contributed by atoms with Crippen LogP contribution in [0.1, 0.15) is 29.4 Å². The number of hydrogen-bond acceptors (Lipinski definition) is 2. The fourth-order valence-corrected chi connectivity index (χ4v) is 2.26. The molecule has 2 N–H and O–H groups in total. The second kappa shape index (κ2) is 5.36. The summed E-state index contributed by atoms with van der Waals surface area (Å²) in [5, 5.41) is 4.62. The maximum Gasteiger partial charge on any atom is 0.0662 e. The quantitative estimate of drug-likeness (QED) is 0.896. The van der Waals surface area contributed by atoms with Gasteiger partial charge in [0.25, 0.3) is 0 Å². The molecule has 0 saturated heterocycles. The van der Waals surface area contributed by atoms with E-state index in [1.54, 1.807) is 0 Å². The van der Waals surface area contributed by atoms with E-state index in [1.807, 2.05) is 13.0 Å². The van der Waals surface area contributed by atoms with Gasteiger partial charge < -0.3 is 5.73 Å². The standard InChI is InChI=1S/C15H21N3/c1-11(16)9-15-12(2)17-18(13(15)3)10-14-7-5-4-6-8-14/h4-8,11H,9-10,16H2,1-3H3/t11-/m0/s1. The molecule has 3 nitrogen and oxygen atoms in total. The Morgan fingerprint density at radius 2 is 1.89 bits per heavy atom. The third-order valence-electron chi connectivity index (χ3n) is 3.23. The summed E-state index contributed by atoms with van der Waals surface area (Å²) in [5.74, 6) is 0. The van der Waals surface area contributed by atoms with Crippen LogP contribution in [0.2, 0.25) is 0 Å². The van der Waals surface area contributed by atoms with Gasteiger partial charge in [0.1, 0.15) is 0 Å². The zero-order valence-corrected chi connectivity index (χ0v) is 11.4. The maximum atomic E-state index is 5.89. The molecule has 0 aliphatic carbocycles. The number of rotatable bonds is 4. The summed E-state index contributed by atoms with van der Waals surface area (Å²) < 4.78 is 2.07. The van der Waals surface area contributed by atoms with Crippen molar-refractivity contribution in [1.82, 2.24) is 9.78 Å². The van der Waals surface area contributed by atoms with Gasteiger partial charge >= 0.3 is 0 Å². The SMILES string of the molecule is Cc1nn(Cc2ccccc2)c(C)c1C[C@H](C)N. The summed E-state index contributed by atoms with van der Waals surface area (Å²) in [6.45, 7) is 7.05.